The molecule has 0 atom stereocenters. The minimum absolute atomic E-state index is 0.129. The number of rotatable bonds is 15. The maximum atomic E-state index is 13.7. The molecule has 1 heterocycles. The summed E-state index contributed by atoms with van der Waals surface area (Å²) in [6, 6.07) is 15.8. The van der Waals surface area contributed by atoms with Crippen molar-refractivity contribution in [1.29, 1.82) is 0 Å². The van der Waals surface area contributed by atoms with E-state index in [9.17, 15) is 4.79 Å². The fourth-order valence-corrected chi connectivity index (χ4v) is 4.13. The quantitative estimate of drug-likeness (QED) is 0.224. The zero-order chi connectivity index (χ0) is 24.2. The number of fused-ring (bicyclic) bond motifs is 1. The van der Waals surface area contributed by atoms with E-state index in [1.165, 1.54) is 6.42 Å². The molecule has 0 N–H and O–H groups in total. The highest BCUT2D eigenvalue weighted by Gasteiger charge is 2.20. The third-order valence-corrected chi connectivity index (χ3v) is 6.09. The minimum Gasteiger partial charge on any atom is -0.497 e. The number of hydrogen-bond acceptors (Lipinski definition) is 4. The van der Waals surface area contributed by atoms with Gasteiger partial charge in [0.25, 0.3) is 5.56 Å². The Labute approximate surface area is 203 Å². The lowest BCUT2D eigenvalue weighted by atomic mass is 10.1. The first-order valence-electron chi connectivity index (χ1n) is 12.7. The van der Waals surface area contributed by atoms with Gasteiger partial charge < -0.3 is 18.8 Å². The lowest BCUT2D eigenvalue weighted by Crippen LogP contribution is -2.24. The van der Waals surface area contributed by atoms with Crippen LogP contribution in [0.25, 0.3) is 10.9 Å². The molecule has 0 saturated carbocycles. The predicted molar refractivity (Wildman–Crippen MR) is 139 cm³/mol. The van der Waals surface area contributed by atoms with Gasteiger partial charge in [0.2, 0.25) is 5.75 Å². The van der Waals surface area contributed by atoms with Gasteiger partial charge in [-0.25, -0.2) is 0 Å². The van der Waals surface area contributed by atoms with Crippen LogP contribution in [0.3, 0.4) is 0 Å². The summed E-state index contributed by atoms with van der Waals surface area (Å²) in [7, 11) is 1.64. The number of benzene rings is 2. The van der Waals surface area contributed by atoms with Crippen molar-refractivity contribution in [2.75, 3.05) is 13.7 Å². The number of nitrogens with zero attached hydrogens (tertiary/aromatic N) is 1. The second-order valence-electron chi connectivity index (χ2n) is 8.74. The van der Waals surface area contributed by atoms with Crippen LogP contribution in [0.15, 0.2) is 53.3 Å². The molecular weight excluding hydrogens is 426 g/mol. The van der Waals surface area contributed by atoms with Crippen LogP contribution in [-0.4, -0.2) is 18.3 Å². The summed E-state index contributed by atoms with van der Waals surface area (Å²) in [6.07, 6.45) is 8.69. The number of aromatic nitrogens is 1. The molecule has 5 heteroatoms. The summed E-state index contributed by atoms with van der Waals surface area (Å²) in [6.45, 7) is 5.90. The van der Waals surface area contributed by atoms with E-state index in [0.29, 0.717) is 31.3 Å². The van der Waals surface area contributed by atoms with E-state index in [0.717, 1.165) is 67.2 Å². The fraction of sp³-hybridized carbons (Fsp3) is 0.483. The Morgan fingerprint density at radius 3 is 2.24 bits per heavy atom. The highest BCUT2D eigenvalue weighted by atomic mass is 16.5. The largest absolute Gasteiger partial charge is 0.497 e. The molecular formula is C29H39NO4. The van der Waals surface area contributed by atoms with E-state index in [1.54, 1.807) is 7.11 Å². The molecule has 0 spiro atoms. The van der Waals surface area contributed by atoms with E-state index < -0.39 is 0 Å². The van der Waals surface area contributed by atoms with Crippen molar-refractivity contribution in [3.05, 3.63) is 64.4 Å². The van der Waals surface area contributed by atoms with Crippen LogP contribution in [0, 0.1) is 0 Å². The van der Waals surface area contributed by atoms with Gasteiger partial charge in [0.15, 0.2) is 5.75 Å². The molecule has 0 unspecified atom stereocenters. The number of unbranched alkanes of at least 4 members (excludes halogenated alkanes) is 6. The van der Waals surface area contributed by atoms with Crippen molar-refractivity contribution in [3.8, 4) is 17.2 Å². The van der Waals surface area contributed by atoms with Crippen molar-refractivity contribution < 1.29 is 14.2 Å². The predicted octanol–water partition coefficient (Wildman–Crippen LogP) is 7.13. The molecule has 5 nitrogen and oxygen atoms in total. The van der Waals surface area contributed by atoms with Crippen LogP contribution >= 0.6 is 0 Å². The standard InChI is InChI=1S/C29H39NO4/c1-4-6-8-13-19-30-26-21-24(32-3)17-18-25(26)27(34-22-23-15-11-10-12-16-23)28(29(30)31)33-20-14-9-7-5-2/h10-12,15-18,21H,4-9,13-14,19-20,22H2,1-3H3. The summed E-state index contributed by atoms with van der Waals surface area (Å²) < 4.78 is 19.7. The van der Waals surface area contributed by atoms with Crippen LogP contribution in [-0.2, 0) is 13.2 Å². The molecule has 34 heavy (non-hydrogen) atoms. The number of hydrogen-bond donors (Lipinski definition) is 0. The molecule has 1 aromatic heterocycles. The number of pyridine rings is 1. The molecule has 0 aliphatic rings. The summed E-state index contributed by atoms with van der Waals surface area (Å²) in [5.41, 5.74) is 1.74. The summed E-state index contributed by atoms with van der Waals surface area (Å²) in [5, 5.41) is 0.871. The van der Waals surface area contributed by atoms with Gasteiger partial charge in [-0.15, -0.1) is 0 Å². The van der Waals surface area contributed by atoms with Gasteiger partial charge >= 0.3 is 0 Å². The maximum Gasteiger partial charge on any atom is 0.297 e. The van der Waals surface area contributed by atoms with Gasteiger partial charge in [-0.3, -0.25) is 4.79 Å². The van der Waals surface area contributed by atoms with Crippen molar-refractivity contribution >= 4 is 10.9 Å². The van der Waals surface area contributed by atoms with E-state index in [1.807, 2.05) is 53.1 Å². The number of aryl methyl sites for hydroxylation is 1. The first kappa shape index (κ1) is 25.7. The van der Waals surface area contributed by atoms with Crippen molar-refractivity contribution in [3.63, 3.8) is 0 Å². The Bertz CT molecular complexity index is 1070. The van der Waals surface area contributed by atoms with Crippen LogP contribution in [0.4, 0.5) is 0 Å². The molecule has 3 aromatic rings. The molecule has 0 amide bonds. The second kappa shape index (κ2) is 13.7. The fourth-order valence-electron chi connectivity index (χ4n) is 4.13. The third-order valence-electron chi connectivity index (χ3n) is 6.09. The Morgan fingerprint density at radius 2 is 1.53 bits per heavy atom. The lowest BCUT2D eigenvalue weighted by molar-refractivity contribution is 0.255. The number of methoxy groups -OCH3 is 1. The highest BCUT2D eigenvalue weighted by Crippen LogP contribution is 2.35. The van der Waals surface area contributed by atoms with Crippen LogP contribution < -0.4 is 19.8 Å². The van der Waals surface area contributed by atoms with Crippen molar-refractivity contribution in [2.45, 2.75) is 78.4 Å². The van der Waals surface area contributed by atoms with E-state index >= 15 is 0 Å². The van der Waals surface area contributed by atoms with Gasteiger partial charge in [-0.05, 0) is 30.5 Å². The Morgan fingerprint density at radius 1 is 0.794 bits per heavy atom. The van der Waals surface area contributed by atoms with E-state index in [2.05, 4.69) is 13.8 Å². The Balaban J connectivity index is 2.02. The molecule has 3 rings (SSSR count). The summed E-state index contributed by atoms with van der Waals surface area (Å²) in [4.78, 5) is 13.7. The van der Waals surface area contributed by atoms with E-state index in [4.69, 9.17) is 14.2 Å². The van der Waals surface area contributed by atoms with Crippen LogP contribution in [0.5, 0.6) is 17.2 Å². The zero-order valence-corrected chi connectivity index (χ0v) is 21.0. The molecule has 184 valence electrons. The van der Waals surface area contributed by atoms with Gasteiger partial charge in [-0.1, -0.05) is 82.7 Å². The normalized spacial score (nSPS) is 11.0. The third kappa shape index (κ3) is 6.78. The average molecular weight is 466 g/mol. The summed E-state index contributed by atoms with van der Waals surface area (Å²) >= 11 is 0. The van der Waals surface area contributed by atoms with Gasteiger partial charge in [0.1, 0.15) is 12.4 Å². The Kier molecular flexibility index (Phi) is 10.3. The van der Waals surface area contributed by atoms with Crippen molar-refractivity contribution in [2.24, 2.45) is 0 Å². The topological polar surface area (TPSA) is 49.7 Å². The lowest BCUT2D eigenvalue weighted by Gasteiger charge is -2.19. The van der Waals surface area contributed by atoms with Gasteiger partial charge in [0, 0.05) is 18.0 Å². The zero-order valence-electron chi connectivity index (χ0n) is 21.0. The molecule has 0 aliphatic carbocycles. The second-order valence-corrected chi connectivity index (χ2v) is 8.74. The first-order chi connectivity index (χ1) is 16.7. The molecule has 0 bridgehead atoms. The smallest absolute Gasteiger partial charge is 0.297 e. The van der Waals surface area contributed by atoms with Gasteiger partial charge in [0.05, 0.1) is 19.2 Å². The average Bonchev–Trinajstić information content (AvgIpc) is 2.87. The SMILES string of the molecule is CCCCCCOc1c(OCc2ccccc2)c2ccc(OC)cc2n(CCCCCC)c1=O. The van der Waals surface area contributed by atoms with Gasteiger partial charge in [-0.2, -0.15) is 0 Å². The Hall–Kier alpha value is -2.95. The summed E-state index contributed by atoms with van der Waals surface area (Å²) in [5.74, 6) is 1.56. The molecule has 0 aliphatic heterocycles. The molecule has 0 fully saturated rings. The van der Waals surface area contributed by atoms with Crippen LogP contribution in [0.2, 0.25) is 0 Å². The first-order valence-corrected chi connectivity index (χ1v) is 12.7. The number of ether oxygens (including phenoxy) is 3. The molecule has 2 aromatic carbocycles. The minimum atomic E-state index is -0.129. The monoisotopic (exact) mass is 465 g/mol. The maximum absolute atomic E-state index is 13.7. The van der Waals surface area contributed by atoms with Crippen LogP contribution in [0.1, 0.15) is 70.8 Å². The van der Waals surface area contributed by atoms with E-state index in [-0.39, 0.29) is 5.56 Å². The molecule has 0 saturated heterocycles. The van der Waals surface area contributed by atoms with Crippen molar-refractivity contribution in [1.82, 2.24) is 4.57 Å². The molecule has 0 radical (unpaired) electrons. The highest BCUT2D eigenvalue weighted by molar-refractivity contribution is 5.89.